The Morgan fingerprint density at radius 3 is 2.38 bits per heavy atom. The highest BCUT2D eigenvalue weighted by Crippen LogP contribution is 2.46. The van der Waals surface area contributed by atoms with E-state index in [0.717, 1.165) is 26.5 Å². The van der Waals surface area contributed by atoms with E-state index in [-0.39, 0.29) is 5.69 Å². The molecule has 7 heteroatoms. The highest BCUT2D eigenvalue weighted by Gasteiger charge is 2.30. The SMILES string of the molecule is Cc1csc2c(-c3ccccc3)c(-c3ccc(Cl)s3)c(C(=O)C(=O)Cl)n12. The number of carbonyl (C=O) groups excluding carboxylic acids is 2. The lowest BCUT2D eigenvalue weighted by molar-refractivity contribution is -0.108. The van der Waals surface area contributed by atoms with Crippen molar-refractivity contribution in [2.24, 2.45) is 0 Å². The molecule has 3 nitrogen and oxygen atoms in total. The molecule has 26 heavy (non-hydrogen) atoms. The molecule has 1 aromatic carbocycles. The molecular weight excluding hydrogens is 409 g/mol. The lowest BCUT2D eigenvalue weighted by Crippen LogP contribution is -2.12. The maximum absolute atomic E-state index is 12.7. The summed E-state index contributed by atoms with van der Waals surface area (Å²) in [6.45, 7) is 1.90. The van der Waals surface area contributed by atoms with Crippen molar-refractivity contribution in [1.82, 2.24) is 4.40 Å². The number of nitrogens with zero attached hydrogens (tertiary/aromatic N) is 1. The first-order valence-electron chi connectivity index (χ1n) is 7.67. The van der Waals surface area contributed by atoms with Crippen LogP contribution in [0.1, 0.15) is 16.2 Å². The van der Waals surface area contributed by atoms with Crippen LogP contribution >= 0.6 is 45.9 Å². The van der Waals surface area contributed by atoms with Crippen LogP contribution in [-0.2, 0) is 4.79 Å². The van der Waals surface area contributed by atoms with Crippen molar-refractivity contribution in [2.45, 2.75) is 6.92 Å². The third kappa shape index (κ3) is 2.72. The van der Waals surface area contributed by atoms with Gasteiger partial charge in [-0.3, -0.25) is 9.59 Å². The Balaban J connectivity index is 2.19. The molecule has 0 aliphatic rings. The fraction of sp³-hybridized carbons (Fsp3) is 0.0526. The van der Waals surface area contributed by atoms with Gasteiger partial charge in [0.05, 0.1) is 4.34 Å². The van der Waals surface area contributed by atoms with Gasteiger partial charge in [-0.1, -0.05) is 41.9 Å². The van der Waals surface area contributed by atoms with Gasteiger partial charge in [0, 0.05) is 27.1 Å². The maximum atomic E-state index is 12.7. The van der Waals surface area contributed by atoms with Crippen LogP contribution in [0.5, 0.6) is 0 Å². The number of ketones is 1. The Morgan fingerprint density at radius 2 is 1.77 bits per heavy atom. The summed E-state index contributed by atoms with van der Waals surface area (Å²) in [6, 6.07) is 13.4. The van der Waals surface area contributed by atoms with Crippen molar-refractivity contribution in [3.63, 3.8) is 0 Å². The third-order valence-electron chi connectivity index (χ3n) is 4.10. The summed E-state index contributed by atoms with van der Waals surface area (Å²) in [5.74, 6) is -0.718. The van der Waals surface area contributed by atoms with Gasteiger partial charge in [-0.2, -0.15) is 0 Å². The first-order chi connectivity index (χ1) is 12.5. The molecule has 0 bridgehead atoms. The van der Waals surface area contributed by atoms with E-state index in [1.54, 1.807) is 6.07 Å². The van der Waals surface area contributed by atoms with E-state index in [9.17, 15) is 9.59 Å². The second kappa shape index (κ2) is 6.67. The second-order valence-electron chi connectivity index (χ2n) is 5.69. The first kappa shape index (κ1) is 17.5. The highest BCUT2D eigenvalue weighted by molar-refractivity contribution is 7.19. The summed E-state index contributed by atoms with van der Waals surface area (Å²) in [5, 5.41) is 0.959. The van der Waals surface area contributed by atoms with Crippen molar-refractivity contribution in [3.8, 4) is 21.6 Å². The minimum Gasteiger partial charge on any atom is -0.300 e. The highest BCUT2D eigenvalue weighted by atomic mass is 35.5. The van der Waals surface area contributed by atoms with Gasteiger partial charge in [0.1, 0.15) is 10.5 Å². The quantitative estimate of drug-likeness (QED) is 0.221. The molecule has 0 spiro atoms. The molecule has 130 valence electrons. The summed E-state index contributed by atoms with van der Waals surface area (Å²) in [4.78, 5) is 26.2. The number of halogens is 2. The van der Waals surface area contributed by atoms with Crippen molar-refractivity contribution in [1.29, 1.82) is 0 Å². The summed E-state index contributed by atoms with van der Waals surface area (Å²) in [5.41, 5.74) is 3.73. The predicted molar refractivity (Wildman–Crippen MR) is 109 cm³/mol. The summed E-state index contributed by atoms with van der Waals surface area (Å²) in [7, 11) is 0. The van der Waals surface area contributed by atoms with Crippen LogP contribution in [0.2, 0.25) is 4.34 Å². The van der Waals surface area contributed by atoms with Gasteiger partial charge in [-0.25, -0.2) is 0 Å². The van der Waals surface area contributed by atoms with Crippen molar-refractivity contribution < 1.29 is 9.59 Å². The molecule has 0 N–H and O–H groups in total. The van der Waals surface area contributed by atoms with E-state index in [0.29, 0.717) is 9.90 Å². The molecule has 0 aliphatic heterocycles. The zero-order valence-electron chi connectivity index (χ0n) is 13.5. The Hall–Kier alpha value is -1.92. The molecule has 0 fully saturated rings. The monoisotopic (exact) mass is 419 g/mol. The number of hydrogen-bond donors (Lipinski definition) is 0. The summed E-state index contributed by atoms with van der Waals surface area (Å²) >= 11 is 14.6. The topological polar surface area (TPSA) is 38.5 Å². The van der Waals surface area contributed by atoms with Crippen LogP contribution in [0, 0.1) is 6.92 Å². The van der Waals surface area contributed by atoms with Gasteiger partial charge in [-0.15, -0.1) is 22.7 Å². The average molecular weight is 420 g/mol. The van der Waals surface area contributed by atoms with Crippen LogP contribution in [-0.4, -0.2) is 15.4 Å². The molecule has 0 unspecified atom stereocenters. The van der Waals surface area contributed by atoms with E-state index in [4.69, 9.17) is 23.2 Å². The van der Waals surface area contributed by atoms with E-state index in [1.165, 1.54) is 22.7 Å². The Bertz CT molecular complexity index is 1160. The fourth-order valence-electron chi connectivity index (χ4n) is 3.06. The van der Waals surface area contributed by atoms with Crippen molar-refractivity contribution in [2.75, 3.05) is 0 Å². The molecule has 4 rings (SSSR count). The van der Waals surface area contributed by atoms with Gasteiger partial charge in [0.2, 0.25) is 0 Å². The number of fused-ring (bicyclic) bond motifs is 1. The Kier molecular flexibility index (Phi) is 4.49. The lowest BCUT2D eigenvalue weighted by Gasteiger charge is -2.05. The van der Waals surface area contributed by atoms with Crippen LogP contribution in [0.3, 0.4) is 0 Å². The normalized spacial score (nSPS) is 11.2. The van der Waals surface area contributed by atoms with Gasteiger partial charge in [-0.05, 0) is 36.2 Å². The average Bonchev–Trinajstić information content (AvgIpc) is 3.30. The van der Waals surface area contributed by atoms with Gasteiger partial charge in [0.15, 0.2) is 0 Å². The van der Waals surface area contributed by atoms with Crippen LogP contribution in [0.4, 0.5) is 0 Å². The van der Waals surface area contributed by atoms with E-state index >= 15 is 0 Å². The molecule has 3 aromatic heterocycles. The number of aromatic nitrogens is 1. The Labute approximate surface area is 167 Å². The molecule has 0 radical (unpaired) electrons. The Morgan fingerprint density at radius 1 is 1.04 bits per heavy atom. The van der Waals surface area contributed by atoms with Crippen LogP contribution < -0.4 is 0 Å². The smallest absolute Gasteiger partial charge is 0.294 e. The largest absolute Gasteiger partial charge is 0.300 e. The molecule has 3 heterocycles. The maximum Gasteiger partial charge on any atom is 0.294 e. The van der Waals surface area contributed by atoms with E-state index in [1.807, 2.05) is 53.1 Å². The molecule has 0 saturated heterocycles. The zero-order valence-corrected chi connectivity index (χ0v) is 16.6. The minimum atomic E-state index is -1.00. The number of Topliss-reactive ketones (excluding diaryl/α,β-unsaturated/α-hetero) is 1. The third-order valence-corrected chi connectivity index (χ3v) is 6.59. The number of carbonyl (C=O) groups is 2. The van der Waals surface area contributed by atoms with E-state index < -0.39 is 11.0 Å². The number of thiophene rings is 1. The zero-order chi connectivity index (χ0) is 18.4. The molecular formula is C19H11Cl2NO2S2. The van der Waals surface area contributed by atoms with Crippen molar-refractivity contribution >= 4 is 61.7 Å². The molecule has 0 atom stereocenters. The predicted octanol–water partition coefficient (Wildman–Crippen LogP) is 6.31. The molecule has 0 saturated carbocycles. The summed E-state index contributed by atoms with van der Waals surface area (Å²) < 4.78 is 2.43. The van der Waals surface area contributed by atoms with Gasteiger partial charge < -0.3 is 4.40 Å². The van der Waals surface area contributed by atoms with Crippen molar-refractivity contribution in [3.05, 3.63) is 63.6 Å². The molecule has 4 aromatic rings. The number of benzene rings is 1. The van der Waals surface area contributed by atoms with Crippen LogP contribution in [0.25, 0.3) is 26.4 Å². The number of rotatable bonds is 4. The van der Waals surface area contributed by atoms with Gasteiger partial charge >= 0.3 is 0 Å². The standard InChI is InChI=1S/C19H11Cl2NO2S2/c1-10-9-25-19-14(11-5-3-2-4-6-11)15(12-7-8-13(20)26-12)16(22(10)19)17(23)18(21)24/h2-9H,1H3. The molecule has 0 amide bonds. The fourth-order valence-corrected chi connectivity index (χ4v) is 5.31. The van der Waals surface area contributed by atoms with E-state index in [2.05, 4.69) is 0 Å². The second-order valence-corrected chi connectivity index (χ2v) is 8.61. The lowest BCUT2D eigenvalue weighted by atomic mass is 10.0. The van der Waals surface area contributed by atoms with Crippen LogP contribution in [0.15, 0.2) is 47.8 Å². The minimum absolute atomic E-state index is 0.288. The number of thiazole rings is 1. The summed E-state index contributed by atoms with van der Waals surface area (Å²) in [6.07, 6.45) is 0. The first-order valence-corrected chi connectivity index (χ1v) is 10.1. The number of aryl methyl sites for hydroxylation is 1. The van der Waals surface area contributed by atoms with Gasteiger partial charge in [0.25, 0.3) is 11.0 Å². The number of hydrogen-bond acceptors (Lipinski definition) is 4. The molecule has 0 aliphatic carbocycles.